The Bertz CT molecular complexity index is 408. The maximum atomic E-state index is 13.5. The van der Waals surface area contributed by atoms with E-state index < -0.39 is 5.82 Å². The van der Waals surface area contributed by atoms with Gasteiger partial charge in [-0.25, -0.2) is 4.39 Å². The van der Waals surface area contributed by atoms with Crippen molar-refractivity contribution in [2.45, 2.75) is 6.42 Å². The molecule has 2 rings (SSSR count). The number of hydrogen-bond donors (Lipinski definition) is 1. The van der Waals surface area contributed by atoms with Crippen LogP contribution in [0.1, 0.15) is 16.8 Å². The van der Waals surface area contributed by atoms with Gasteiger partial charge in [-0.05, 0) is 38.1 Å². The molecule has 1 heterocycles. The first-order valence-electron chi connectivity index (χ1n) is 5.90. The molecule has 17 heavy (non-hydrogen) atoms. The van der Waals surface area contributed by atoms with Crippen LogP contribution < -0.4 is 5.32 Å². The number of benzene rings is 1. The average Bonchev–Trinajstić information content (AvgIpc) is 2.78. The zero-order valence-electron chi connectivity index (χ0n) is 9.95. The summed E-state index contributed by atoms with van der Waals surface area (Å²) >= 11 is 0. The zero-order valence-corrected chi connectivity index (χ0v) is 9.95. The van der Waals surface area contributed by atoms with Crippen molar-refractivity contribution >= 4 is 5.91 Å². The van der Waals surface area contributed by atoms with Crippen molar-refractivity contribution in [3.8, 4) is 0 Å². The molecule has 1 fully saturated rings. The van der Waals surface area contributed by atoms with Gasteiger partial charge in [0.2, 0.25) is 0 Å². The Kier molecular flexibility index (Phi) is 3.74. The van der Waals surface area contributed by atoms with Crippen LogP contribution in [0.5, 0.6) is 0 Å². The van der Waals surface area contributed by atoms with Crippen LogP contribution in [0.25, 0.3) is 0 Å². The summed E-state index contributed by atoms with van der Waals surface area (Å²) in [5, 5.41) is 3.11. The summed E-state index contributed by atoms with van der Waals surface area (Å²) in [5.41, 5.74) is 0.178. The minimum atomic E-state index is -0.436. The van der Waals surface area contributed by atoms with Gasteiger partial charge < -0.3 is 10.2 Å². The van der Waals surface area contributed by atoms with Crippen LogP contribution in [0.2, 0.25) is 0 Å². The van der Waals surface area contributed by atoms with Crippen LogP contribution in [-0.2, 0) is 0 Å². The smallest absolute Gasteiger partial charge is 0.256 e. The standard InChI is InChI=1S/C13H17FN2O/c1-15-8-10-6-7-16(9-10)13(17)11-4-2-3-5-12(11)14/h2-5,10,15H,6-9H2,1H3. The zero-order chi connectivity index (χ0) is 12.3. The van der Waals surface area contributed by atoms with E-state index in [1.807, 2.05) is 7.05 Å². The van der Waals surface area contributed by atoms with Gasteiger partial charge in [0, 0.05) is 13.1 Å². The minimum Gasteiger partial charge on any atom is -0.338 e. The molecule has 1 aliphatic heterocycles. The molecule has 1 aromatic carbocycles. The number of amides is 1. The summed E-state index contributed by atoms with van der Waals surface area (Å²) in [6, 6.07) is 6.16. The van der Waals surface area contributed by atoms with Gasteiger partial charge in [0.25, 0.3) is 5.91 Å². The lowest BCUT2D eigenvalue weighted by molar-refractivity contribution is 0.0782. The highest BCUT2D eigenvalue weighted by molar-refractivity contribution is 5.94. The number of rotatable bonds is 3. The first-order valence-corrected chi connectivity index (χ1v) is 5.90. The molecular formula is C13H17FN2O. The van der Waals surface area contributed by atoms with Gasteiger partial charge in [-0.15, -0.1) is 0 Å². The molecule has 1 saturated heterocycles. The fourth-order valence-corrected chi connectivity index (χ4v) is 2.28. The third kappa shape index (κ3) is 2.64. The van der Waals surface area contributed by atoms with E-state index >= 15 is 0 Å². The predicted molar refractivity (Wildman–Crippen MR) is 64.3 cm³/mol. The van der Waals surface area contributed by atoms with Gasteiger partial charge in [0.1, 0.15) is 5.82 Å². The van der Waals surface area contributed by atoms with Crippen LogP contribution in [-0.4, -0.2) is 37.5 Å². The summed E-state index contributed by atoms with van der Waals surface area (Å²) in [6.45, 7) is 2.34. The number of carbonyl (C=O) groups excluding carboxylic acids is 1. The Labute approximate surface area is 101 Å². The summed E-state index contributed by atoms with van der Waals surface area (Å²) in [5.74, 6) is -0.146. The topological polar surface area (TPSA) is 32.3 Å². The van der Waals surface area contributed by atoms with Gasteiger partial charge in [-0.2, -0.15) is 0 Å². The lowest BCUT2D eigenvalue weighted by Gasteiger charge is -2.16. The van der Waals surface area contributed by atoms with Crippen LogP contribution in [0, 0.1) is 11.7 Å². The van der Waals surface area contributed by atoms with E-state index in [1.54, 1.807) is 23.1 Å². The summed E-state index contributed by atoms with van der Waals surface area (Å²) in [6.07, 6.45) is 0.987. The molecule has 0 bridgehead atoms. The highest BCUT2D eigenvalue weighted by atomic mass is 19.1. The summed E-state index contributed by atoms with van der Waals surface area (Å²) in [7, 11) is 1.90. The highest BCUT2D eigenvalue weighted by Gasteiger charge is 2.27. The van der Waals surface area contributed by atoms with E-state index in [0.29, 0.717) is 12.5 Å². The van der Waals surface area contributed by atoms with Crippen molar-refractivity contribution in [3.63, 3.8) is 0 Å². The van der Waals surface area contributed by atoms with Crippen molar-refractivity contribution in [3.05, 3.63) is 35.6 Å². The molecule has 1 unspecified atom stereocenters. The van der Waals surface area contributed by atoms with E-state index in [0.717, 1.165) is 19.5 Å². The lowest BCUT2D eigenvalue weighted by Crippen LogP contribution is -2.30. The molecule has 0 aromatic heterocycles. The normalized spacial score (nSPS) is 19.6. The second kappa shape index (κ2) is 5.27. The van der Waals surface area contributed by atoms with Gasteiger partial charge in [0.05, 0.1) is 5.56 Å². The number of carbonyl (C=O) groups is 1. The maximum absolute atomic E-state index is 13.5. The Hall–Kier alpha value is -1.42. The fourth-order valence-electron chi connectivity index (χ4n) is 2.28. The van der Waals surface area contributed by atoms with Crippen molar-refractivity contribution in [1.82, 2.24) is 10.2 Å². The molecule has 1 N–H and O–H groups in total. The number of hydrogen-bond acceptors (Lipinski definition) is 2. The minimum absolute atomic E-state index is 0.178. The van der Waals surface area contributed by atoms with Crippen LogP contribution in [0.3, 0.4) is 0 Å². The van der Waals surface area contributed by atoms with Crippen molar-refractivity contribution in [2.24, 2.45) is 5.92 Å². The van der Waals surface area contributed by atoms with Crippen LogP contribution >= 0.6 is 0 Å². The summed E-state index contributed by atoms with van der Waals surface area (Å²) in [4.78, 5) is 13.8. The number of nitrogens with one attached hydrogen (secondary N) is 1. The molecule has 0 saturated carbocycles. The second-order valence-corrected chi connectivity index (χ2v) is 4.44. The van der Waals surface area contributed by atoms with Gasteiger partial charge in [0.15, 0.2) is 0 Å². The SMILES string of the molecule is CNCC1CCN(C(=O)c2ccccc2F)C1. The highest BCUT2D eigenvalue weighted by Crippen LogP contribution is 2.19. The lowest BCUT2D eigenvalue weighted by atomic mass is 10.1. The molecule has 92 valence electrons. The van der Waals surface area contributed by atoms with Gasteiger partial charge in [-0.3, -0.25) is 4.79 Å². The number of likely N-dealkylation sites (tertiary alicyclic amines) is 1. The Balaban J connectivity index is 2.05. The molecule has 1 atom stereocenters. The Morgan fingerprint density at radius 3 is 3.00 bits per heavy atom. The largest absolute Gasteiger partial charge is 0.338 e. The Morgan fingerprint density at radius 2 is 2.29 bits per heavy atom. The quantitative estimate of drug-likeness (QED) is 0.862. The first-order chi connectivity index (χ1) is 8.22. The van der Waals surface area contributed by atoms with Crippen molar-refractivity contribution in [2.75, 3.05) is 26.7 Å². The van der Waals surface area contributed by atoms with Crippen molar-refractivity contribution in [1.29, 1.82) is 0 Å². The number of nitrogens with zero attached hydrogens (tertiary/aromatic N) is 1. The Morgan fingerprint density at radius 1 is 1.53 bits per heavy atom. The molecule has 0 radical (unpaired) electrons. The molecule has 1 aliphatic rings. The molecule has 3 nitrogen and oxygen atoms in total. The van der Waals surface area contributed by atoms with Gasteiger partial charge in [-0.1, -0.05) is 12.1 Å². The molecule has 1 aromatic rings. The van der Waals surface area contributed by atoms with Crippen LogP contribution in [0.15, 0.2) is 24.3 Å². The average molecular weight is 236 g/mol. The monoisotopic (exact) mass is 236 g/mol. The molecule has 0 aliphatic carbocycles. The second-order valence-electron chi connectivity index (χ2n) is 4.44. The molecule has 4 heteroatoms. The van der Waals surface area contributed by atoms with E-state index in [-0.39, 0.29) is 11.5 Å². The van der Waals surface area contributed by atoms with Crippen molar-refractivity contribution < 1.29 is 9.18 Å². The third-order valence-corrected chi connectivity index (χ3v) is 3.17. The molecule has 0 spiro atoms. The van der Waals surface area contributed by atoms with Gasteiger partial charge >= 0.3 is 0 Å². The van der Waals surface area contributed by atoms with E-state index in [2.05, 4.69) is 5.32 Å². The van der Waals surface area contributed by atoms with Crippen LogP contribution in [0.4, 0.5) is 4.39 Å². The maximum Gasteiger partial charge on any atom is 0.256 e. The molecule has 1 amide bonds. The predicted octanol–water partition coefficient (Wildman–Crippen LogP) is 1.51. The van der Waals surface area contributed by atoms with E-state index in [9.17, 15) is 9.18 Å². The van der Waals surface area contributed by atoms with E-state index in [4.69, 9.17) is 0 Å². The number of halogens is 1. The molecular weight excluding hydrogens is 219 g/mol. The first kappa shape index (κ1) is 12.0. The third-order valence-electron chi connectivity index (χ3n) is 3.17. The van der Waals surface area contributed by atoms with E-state index in [1.165, 1.54) is 6.07 Å². The fraction of sp³-hybridized carbons (Fsp3) is 0.462. The summed E-state index contributed by atoms with van der Waals surface area (Å²) < 4.78 is 13.5.